The van der Waals surface area contributed by atoms with E-state index in [1.54, 1.807) is 0 Å². The van der Waals surface area contributed by atoms with Crippen molar-refractivity contribution in [3.8, 4) is 0 Å². The summed E-state index contributed by atoms with van der Waals surface area (Å²) >= 11 is 0. The average molecular weight is 228 g/mol. The molecule has 0 fully saturated rings. The zero-order chi connectivity index (χ0) is 13.0. The third kappa shape index (κ3) is 6.11. The highest BCUT2D eigenvalue weighted by atomic mass is 16.2. The van der Waals surface area contributed by atoms with E-state index >= 15 is 0 Å². The highest BCUT2D eigenvalue weighted by Gasteiger charge is 2.21. The van der Waals surface area contributed by atoms with Crippen LogP contribution in [0.1, 0.15) is 48.5 Å². The van der Waals surface area contributed by atoms with Crippen LogP contribution in [0.15, 0.2) is 0 Å². The molecule has 0 aromatic rings. The second-order valence-corrected chi connectivity index (χ2v) is 6.55. The zero-order valence-electron chi connectivity index (χ0n) is 11.9. The van der Waals surface area contributed by atoms with Crippen LogP contribution >= 0.6 is 0 Å². The molecule has 1 atom stereocenters. The monoisotopic (exact) mass is 228 g/mol. The Labute approximate surface area is 100 Å². The Morgan fingerprint density at radius 1 is 1.06 bits per heavy atom. The maximum atomic E-state index is 11.6. The Hall–Kier alpha value is -0.570. The molecule has 1 unspecified atom stereocenters. The number of nitrogens with one attached hydrogen (secondary N) is 2. The van der Waals surface area contributed by atoms with Gasteiger partial charge in [0.2, 0.25) is 5.91 Å². The van der Waals surface area contributed by atoms with Crippen LogP contribution in [-0.4, -0.2) is 25.0 Å². The predicted molar refractivity (Wildman–Crippen MR) is 69.4 cm³/mol. The summed E-state index contributed by atoms with van der Waals surface area (Å²) < 4.78 is 0. The summed E-state index contributed by atoms with van der Waals surface area (Å²) in [6.45, 7) is 16.1. The van der Waals surface area contributed by atoms with E-state index in [4.69, 9.17) is 0 Å². The highest BCUT2D eigenvalue weighted by molar-refractivity contribution is 5.81. The first-order valence-electron chi connectivity index (χ1n) is 6.07. The summed E-state index contributed by atoms with van der Waals surface area (Å²) in [5.41, 5.74) is -0.0380. The largest absolute Gasteiger partial charge is 0.354 e. The zero-order valence-corrected chi connectivity index (χ0v) is 11.9. The molecule has 0 saturated heterocycles. The number of hydrogen-bond acceptors (Lipinski definition) is 2. The fourth-order valence-electron chi connectivity index (χ4n) is 1.04. The first-order chi connectivity index (χ1) is 7.05. The molecule has 96 valence electrons. The molecule has 0 heterocycles. The van der Waals surface area contributed by atoms with Gasteiger partial charge in [0.05, 0.1) is 0 Å². The van der Waals surface area contributed by atoms with Crippen LogP contribution in [0.3, 0.4) is 0 Å². The molecule has 0 radical (unpaired) electrons. The molecule has 0 saturated carbocycles. The molecule has 0 aliphatic carbocycles. The van der Waals surface area contributed by atoms with E-state index in [0.717, 1.165) is 6.54 Å². The second-order valence-electron chi connectivity index (χ2n) is 6.55. The third-order valence-electron chi connectivity index (χ3n) is 2.84. The van der Waals surface area contributed by atoms with Crippen LogP contribution in [0.5, 0.6) is 0 Å². The first-order valence-corrected chi connectivity index (χ1v) is 6.07. The van der Waals surface area contributed by atoms with Gasteiger partial charge in [0.25, 0.3) is 0 Å². The third-order valence-corrected chi connectivity index (χ3v) is 2.84. The Bertz CT molecular complexity index is 223. The van der Waals surface area contributed by atoms with E-state index in [2.05, 4.69) is 38.3 Å². The van der Waals surface area contributed by atoms with E-state index in [0.29, 0.717) is 12.6 Å². The van der Waals surface area contributed by atoms with Gasteiger partial charge in [0.1, 0.15) is 0 Å². The molecule has 0 spiro atoms. The van der Waals surface area contributed by atoms with Gasteiger partial charge < -0.3 is 10.6 Å². The molecule has 16 heavy (non-hydrogen) atoms. The summed E-state index contributed by atoms with van der Waals surface area (Å²) in [6, 6.07) is 0.444. The van der Waals surface area contributed by atoms with Crippen molar-refractivity contribution in [1.82, 2.24) is 10.6 Å². The van der Waals surface area contributed by atoms with Gasteiger partial charge in [0, 0.05) is 24.5 Å². The number of carbonyl (C=O) groups is 1. The van der Waals surface area contributed by atoms with E-state index in [9.17, 15) is 4.79 Å². The van der Waals surface area contributed by atoms with Gasteiger partial charge in [-0.2, -0.15) is 0 Å². The van der Waals surface area contributed by atoms with Gasteiger partial charge in [-0.25, -0.2) is 0 Å². The van der Waals surface area contributed by atoms with Crippen LogP contribution in [0.4, 0.5) is 0 Å². The topological polar surface area (TPSA) is 41.1 Å². The molecule has 0 aliphatic heterocycles. The summed E-state index contributed by atoms with van der Waals surface area (Å²) in [6.07, 6.45) is 0. The van der Waals surface area contributed by atoms with Crippen LogP contribution in [0.25, 0.3) is 0 Å². The summed E-state index contributed by atoms with van der Waals surface area (Å²) in [7, 11) is 0. The lowest BCUT2D eigenvalue weighted by molar-refractivity contribution is -0.128. The molecule has 0 aliphatic rings. The Kier molecular flexibility index (Phi) is 5.47. The standard InChI is InChI=1S/C13H28N2O/c1-10(12(2,3)4)14-8-9-15-11(16)13(5,6)7/h10,14H,8-9H2,1-7H3,(H,15,16). The van der Waals surface area contributed by atoms with Crippen molar-refractivity contribution in [2.75, 3.05) is 13.1 Å². The normalized spacial score (nSPS) is 14.7. The van der Waals surface area contributed by atoms with Crippen molar-refractivity contribution >= 4 is 5.91 Å². The summed E-state index contributed by atoms with van der Waals surface area (Å²) in [5.74, 6) is 0.109. The molecule has 1 amide bonds. The maximum Gasteiger partial charge on any atom is 0.225 e. The number of carbonyl (C=O) groups excluding carboxylic acids is 1. The fourth-order valence-corrected chi connectivity index (χ4v) is 1.04. The highest BCUT2D eigenvalue weighted by Crippen LogP contribution is 2.18. The minimum atomic E-state index is -0.296. The van der Waals surface area contributed by atoms with Crippen LogP contribution in [-0.2, 0) is 4.79 Å². The maximum absolute atomic E-state index is 11.6. The number of rotatable bonds is 4. The Morgan fingerprint density at radius 2 is 1.56 bits per heavy atom. The average Bonchev–Trinajstić information content (AvgIpc) is 2.08. The van der Waals surface area contributed by atoms with Gasteiger partial charge in [-0.15, -0.1) is 0 Å². The molecule has 0 bridgehead atoms. The lowest BCUT2D eigenvalue weighted by atomic mass is 9.88. The van der Waals surface area contributed by atoms with Gasteiger partial charge in [0.15, 0.2) is 0 Å². The van der Waals surface area contributed by atoms with Gasteiger partial charge in [-0.05, 0) is 12.3 Å². The smallest absolute Gasteiger partial charge is 0.225 e. The van der Waals surface area contributed by atoms with Crippen molar-refractivity contribution in [2.45, 2.75) is 54.5 Å². The fraction of sp³-hybridized carbons (Fsp3) is 0.923. The van der Waals surface area contributed by atoms with E-state index < -0.39 is 0 Å². The van der Waals surface area contributed by atoms with E-state index in [1.807, 2.05) is 20.8 Å². The van der Waals surface area contributed by atoms with Crippen molar-refractivity contribution in [3.05, 3.63) is 0 Å². The van der Waals surface area contributed by atoms with Gasteiger partial charge >= 0.3 is 0 Å². The predicted octanol–water partition coefficient (Wildman–Crippen LogP) is 2.17. The molecular formula is C13H28N2O. The molecule has 3 nitrogen and oxygen atoms in total. The lowest BCUT2D eigenvalue weighted by Gasteiger charge is -2.28. The molecule has 0 aromatic heterocycles. The second kappa shape index (κ2) is 5.67. The Morgan fingerprint density at radius 3 is 1.94 bits per heavy atom. The Balaban J connectivity index is 3.74. The van der Waals surface area contributed by atoms with Crippen LogP contribution in [0, 0.1) is 10.8 Å². The lowest BCUT2D eigenvalue weighted by Crippen LogP contribution is -2.43. The van der Waals surface area contributed by atoms with Crippen molar-refractivity contribution < 1.29 is 4.79 Å². The molecular weight excluding hydrogens is 200 g/mol. The minimum absolute atomic E-state index is 0.109. The van der Waals surface area contributed by atoms with Gasteiger partial charge in [-0.1, -0.05) is 41.5 Å². The number of amides is 1. The quantitative estimate of drug-likeness (QED) is 0.724. The molecule has 2 N–H and O–H groups in total. The number of hydrogen-bond donors (Lipinski definition) is 2. The van der Waals surface area contributed by atoms with E-state index in [1.165, 1.54) is 0 Å². The van der Waals surface area contributed by atoms with Crippen molar-refractivity contribution in [1.29, 1.82) is 0 Å². The van der Waals surface area contributed by atoms with Crippen LogP contribution < -0.4 is 10.6 Å². The minimum Gasteiger partial charge on any atom is -0.354 e. The van der Waals surface area contributed by atoms with Crippen LogP contribution in [0.2, 0.25) is 0 Å². The van der Waals surface area contributed by atoms with Crippen molar-refractivity contribution in [3.63, 3.8) is 0 Å². The van der Waals surface area contributed by atoms with Crippen molar-refractivity contribution in [2.24, 2.45) is 10.8 Å². The molecule has 3 heteroatoms. The van der Waals surface area contributed by atoms with Gasteiger partial charge in [-0.3, -0.25) is 4.79 Å². The SMILES string of the molecule is CC(NCCNC(=O)C(C)(C)C)C(C)(C)C. The van der Waals surface area contributed by atoms with E-state index in [-0.39, 0.29) is 16.7 Å². The first kappa shape index (κ1) is 15.4. The summed E-state index contributed by atoms with van der Waals surface area (Å²) in [5, 5.41) is 6.34. The molecule has 0 aromatic carbocycles. The molecule has 0 rings (SSSR count). The summed E-state index contributed by atoms with van der Waals surface area (Å²) in [4.78, 5) is 11.6.